The first-order valence-electron chi connectivity index (χ1n) is 6.63. The predicted molar refractivity (Wildman–Crippen MR) is 80.8 cm³/mol. The van der Waals surface area contributed by atoms with E-state index in [2.05, 4.69) is 4.98 Å². The van der Waals surface area contributed by atoms with Gasteiger partial charge in [0, 0.05) is 6.20 Å². The van der Waals surface area contributed by atoms with Crippen LogP contribution in [0.25, 0.3) is 11.3 Å². The van der Waals surface area contributed by atoms with Crippen molar-refractivity contribution >= 4 is 0 Å². The number of nitrogens with zero attached hydrogens (tertiary/aromatic N) is 1. The number of aromatic nitrogens is 2. The van der Waals surface area contributed by atoms with Crippen LogP contribution in [0.2, 0.25) is 0 Å². The van der Waals surface area contributed by atoms with Crippen LogP contribution in [0.3, 0.4) is 0 Å². The first kappa shape index (κ1) is 12.5. The molecule has 20 heavy (non-hydrogen) atoms. The molecule has 0 spiro atoms. The predicted octanol–water partition coefficient (Wildman–Crippen LogP) is 3.20. The number of aromatic amines is 1. The third kappa shape index (κ3) is 2.57. The molecule has 0 bridgehead atoms. The lowest BCUT2D eigenvalue weighted by Crippen LogP contribution is -2.16. The van der Waals surface area contributed by atoms with Gasteiger partial charge in [-0.05, 0) is 18.1 Å². The lowest BCUT2D eigenvalue weighted by atomic mass is 10.1. The van der Waals surface area contributed by atoms with Crippen molar-refractivity contribution in [3.05, 3.63) is 82.4 Å². The SMILES string of the molecule is Cc1ccc(-c2cn(Cc3ccccc3)c(=O)[nH]2)cc1. The first-order valence-corrected chi connectivity index (χ1v) is 6.63. The maximum Gasteiger partial charge on any atom is 0.326 e. The Bertz CT molecular complexity index is 752. The molecule has 1 N–H and O–H groups in total. The van der Waals surface area contributed by atoms with Gasteiger partial charge in [0.05, 0.1) is 12.2 Å². The lowest BCUT2D eigenvalue weighted by Gasteiger charge is -2.01. The third-order valence-electron chi connectivity index (χ3n) is 3.35. The van der Waals surface area contributed by atoms with Crippen molar-refractivity contribution in [3.63, 3.8) is 0 Å². The first-order chi connectivity index (χ1) is 9.72. The second kappa shape index (κ2) is 5.21. The molecular weight excluding hydrogens is 248 g/mol. The molecule has 0 saturated carbocycles. The van der Waals surface area contributed by atoms with E-state index in [9.17, 15) is 4.79 Å². The van der Waals surface area contributed by atoms with E-state index in [0.29, 0.717) is 6.54 Å². The standard InChI is InChI=1S/C17H16N2O/c1-13-7-9-15(10-8-13)16-12-19(17(20)18-16)11-14-5-3-2-4-6-14/h2-10,12H,11H2,1H3,(H,18,20). The quantitative estimate of drug-likeness (QED) is 0.775. The van der Waals surface area contributed by atoms with E-state index < -0.39 is 0 Å². The van der Waals surface area contributed by atoms with Crippen LogP contribution in [0, 0.1) is 6.92 Å². The summed E-state index contributed by atoms with van der Waals surface area (Å²) in [6, 6.07) is 18.1. The number of aryl methyl sites for hydroxylation is 1. The number of hydrogen-bond donors (Lipinski definition) is 1. The molecule has 0 aliphatic carbocycles. The van der Waals surface area contributed by atoms with Gasteiger partial charge in [-0.1, -0.05) is 60.2 Å². The van der Waals surface area contributed by atoms with E-state index in [1.807, 2.05) is 67.7 Å². The van der Waals surface area contributed by atoms with Crippen molar-refractivity contribution in [1.82, 2.24) is 9.55 Å². The van der Waals surface area contributed by atoms with Crippen LogP contribution in [-0.2, 0) is 6.54 Å². The summed E-state index contributed by atoms with van der Waals surface area (Å²) >= 11 is 0. The molecule has 0 aliphatic rings. The summed E-state index contributed by atoms with van der Waals surface area (Å²) in [5.41, 5.74) is 4.12. The highest BCUT2D eigenvalue weighted by Crippen LogP contribution is 2.16. The summed E-state index contributed by atoms with van der Waals surface area (Å²) in [4.78, 5) is 14.9. The Morgan fingerprint density at radius 1 is 1.00 bits per heavy atom. The van der Waals surface area contributed by atoms with Crippen LogP contribution in [0.5, 0.6) is 0 Å². The molecule has 0 unspecified atom stereocenters. The monoisotopic (exact) mass is 264 g/mol. The maximum atomic E-state index is 12.0. The van der Waals surface area contributed by atoms with Crippen LogP contribution in [-0.4, -0.2) is 9.55 Å². The number of rotatable bonds is 3. The average Bonchev–Trinajstić information content (AvgIpc) is 2.82. The Labute approximate surface area is 117 Å². The molecule has 3 rings (SSSR count). The second-order valence-corrected chi connectivity index (χ2v) is 4.95. The van der Waals surface area contributed by atoms with Gasteiger partial charge in [0.15, 0.2) is 0 Å². The molecule has 0 fully saturated rings. The molecule has 1 heterocycles. The van der Waals surface area contributed by atoms with Gasteiger partial charge in [0.2, 0.25) is 0 Å². The summed E-state index contributed by atoms with van der Waals surface area (Å²) in [6.45, 7) is 2.63. The van der Waals surface area contributed by atoms with Crippen molar-refractivity contribution in [3.8, 4) is 11.3 Å². The fourth-order valence-corrected chi connectivity index (χ4v) is 2.21. The minimum absolute atomic E-state index is 0.0792. The van der Waals surface area contributed by atoms with Crippen molar-refractivity contribution in [1.29, 1.82) is 0 Å². The number of nitrogens with one attached hydrogen (secondary N) is 1. The Morgan fingerprint density at radius 2 is 1.70 bits per heavy atom. The fraction of sp³-hybridized carbons (Fsp3) is 0.118. The van der Waals surface area contributed by atoms with E-state index >= 15 is 0 Å². The van der Waals surface area contributed by atoms with Gasteiger partial charge < -0.3 is 4.98 Å². The molecular formula is C17H16N2O. The Balaban J connectivity index is 1.91. The molecule has 0 saturated heterocycles. The maximum absolute atomic E-state index is 12.0. The van der Waals surface area contributed by atoms with Gasteiger partial charge in [-0.15, -0.1) is 0 Å². The molecule has 0 aliphatic heterocycles. The van der Waals surface area contributed by atoms with Crippen molar-refractivity contribution in [2.45, 2.75) is 13.5 Å². The van der Waals surface area contributed by atoms with E-state index in [-0.39, 0.29) is 5.69 Å². The van der Waals surface area contributed by atoms with Crippen LogP contribution >= 0.6 is 0 Å². The molecule has 100 valence electrons. The molecule has 3 nitrogen and oxygen atoms in total. The van der Waals surface area contributed by atoms with Crippen LogP contribution in [0.4, 0.5) is 0 Å². The lowest BCUT2D eigenvalue weighted by molar-refractivity contribution is 0.762. The average molecular weight is 264 g/mol. The van der Waals surface area contributed by atoms with Crippen molar-refractivity contribution in [2.24, 2.45) is 0 Å². The zero-order valence-corrected chi connectivity index (χ0v) is 11.3. The second-order valence-electron chi connectivity index (χ2n) is 4.95. The van der Waals surface area contributed by atoms with Gasteiger partial charge in [0.1, 0.15) is 0 Å². The minimum atomic E-state index is -0.0792. The molecule has 0 amide bonds. The van der Waals surface area contributed by atoms with Gasteiger partial charge >= 0.3 is 5.69 Å². The minimum Gasteiger partial charge on any atom is -0.306 e. The van der Waals surface area contributed by atoms with Gasteiger partial charge in [-0.2, -0.15) is 0 Å². The molecule has 0 atom stereocenters. The largest absolute Gasteiger partial charge is 0.326 e. The summed E-state index contributed by atoms with van der Waals surface area (Å²) in [5, 5.41) is 0. The Hall–Kier alpha value is -2.55. The number of H-pyrrole nitrogens is 1. The van der Waals surface area contributed by atoms with Crippen LogP contribution in [0.1, 0.15) is 11.1 Å². The summed E-state index contributed by atoms with van der Waals surface area (Å²) in [7, 11) is 0. The van der Waals surface area contributed by atoms with Crippen LogP contribution < -0.4 is 5.69 Å². The zero-order valence-electron chi connectivity index (χ0n) is 11.3. The molecule has 3 aromatic rings. The van der Waals surface area contributed by atoms with Crippen LogP contribution in [0.15, 0.2) is 65.6 Å². The van der Waals surface area contributed by atoms with E-state index in [4.69, 9.17) is 0 Å². The molecule has 3 heteroatoms. The van der Waals surface area contributed by atoms with Gasteiger partial charge in [-0.25, -0.2) is 4.79 Å². The highest BCUT2D eigenvalue weighted by atomic mass is 16.1. The van der Waals surface area contributed by atoms with Gasteiger partial charge in [0.25, 0.3) is 0 Å². The summed E-state index contributed by atoms with van der Waals surface area (Å²) in [5.74, 6) is 0. The Morgan fingerprint density at radius 3 is 2.40 bits per heavy atom. The molecule has 0 radical (unpaired) electrons. The fourth-order valence-electron chi connectivity index (χ4n) is 2.21. The molecule has 2 aromatic carbocycles. The highest BCUT2D eigenvalue weighted by molar-refractivity contribution is 5.58. The van der Waals surface area contributed by atoms with Gasteiger partial charge in [-0.3, -0.25) is 4.57 Å². The van der Waals surface area contributed by atoms with E-state index in [0.717, 1.165) is 16.8 Å². The zero-order chi connectivity index (χ0) is 13.9. The smallest absolute Gasteiger partial charge is 0.306 e. The Kier molecular flexibility index (Phi) is 3.25. The summed E-state index contributed by atoms with van der Waals surface area (Å²) in [6.07, 6.45) is 1.88. The third-order valence-corrected chi connectivity index (χ3v) is 3.35. The molecule has 1 aromatic heterocycles. The normalized spacial score (nSPS) is 10.7. The number of imidazole rings is 1. The van der Waals surface area contributed by atoms with Crippen molar-refractivity contribution < 1.29 is 0 Å². The van der Waals surface area contributed by atoms with Crippen molar-refractivity contribution in [2.75, 3.05) is 0 Å². The van der Waals surface area contributed by atoms with E-state index in [1.165, 1.54) is 5.56 Å². The highest BCUT2D eigenvalue weighted by Gasteiger charge is 2.05. The summed E-state index contributed by atoms with van der Waals surface area (Å²) < 4.78 is 1.70. The van der Waals surface area contributed by atoms with E-state index in [1.54, 1.807) is 4.57 Å². The topological polar surface area (TPSA) is 37.8 Å². The number of benzene rings is 2. The number of hydrogen-bond acceptors (Lipinski definition) is 1.